The van der Waals surface area contributed by atoms with Gasteiger partial charge in [-0.1, -0.05) is 6.07 Å². The quantitative estimate of drug-likeness (QED) is 0.895. The summed E-state index contributed by atoms with van der Waals surface area (Å²) in [6.07, 6.45) is 4.27. The Labute approximate surface area is 112 Å². The molecule has 5 nitrogen and oxygen atoms in total. The highest BCUT2D eigenvalue weighted by Gasteiger charge is 2.28. The van der Waals surface area contributed by atoms with Gasteiger partial charge in [-0.2, -0.15) is 0 Å². The Morgan fingerprint density at radius 3 is 3.00 bits per heavy atom. The van der Waals surface area contributed by atoms with E-state index >= 15 is 0 Å². The van der Waals surface area contributed by atoms with Crippen molar-refractivity contribution >= 4 is 0 Å². The minimum Gasteiger partial charge on any atom is -0.497 e. The van der Waals surface area contributed by atoms with Crippen LogP contribution >= 0.6 is 0 Å². The summed E-state index contributed by atoms with van der Waals surface area (Å²) in [5, 5.41) is 0. The highest BCUT2D eigenvalue weighted by molar-refractivity contribution is 5.44. The Morgan fingerprint density at radius 2 is 2.32 bits per heavy atom. The van der Waals surface area contributed by atoms with E-state index in [4.69, 9.17) is 15.2 Å². The van der Waals surface area contributed by atoms with E-state index < -0.39 is 0 Å². The molecule has 2 atom stereocenters. The summed E-state index contributed by atoms with van der Waals surface area (Å²) in [4.78, 5) is 4.13. The number of hydrogen-bond donors (Lipinski definition) is 1. The molecule has 3 rings (SSSR count). The van der Waals surface area contributed by atoms with E-state index in [1.54, 1.807) is 13.4 Å². The molecule has 0 aliphatic carbocycles. The fourth-order valence-electron chi connectivity index (χ4n) is 2.47. The number of aromatic nitrogens is 2. The van der Waals surface area contributed by atoms with Crippen LogP contribution in [0.4, 0.5) is 0 Å². The van der Waals surface area contributed by atoms with Gasteiger partial charge in [0, 0.05) is 31.1 Å². The molecule has 100 valence electrons. The molecule has 0 spiro atoms. The predicted molar refractivity (Wildman–Crippen MR) is 71.1 cm³/mol. The number of imidazole rings is 1. The first-order chi connectivity index (χ1) is 9.19. The summed E-state index contributed by atoms with van der Waals surface area (Å²) < 4.78 is 13.2. The number of nitrogens with zero attached hydrogens (tertiary/aromatic N) is 2. The Hall–Kier alpha value is -2.01. The fourth-order valence-corrected chi connectivity index (χ4v) is 2.47. The first-order valence-corrected chi connectivity index (χ1v) is 6.25. The van der Waals surface area contributed by atoms with Crippen molar-refractivity contribution in [3.05, 3.63) is 42.0 Å². The minimum atomic E-state index is -0.0675. The third kappa shape index (κ3) is 2.06. The van der Waals surface area contributed by atoms with E-state index in [0.29, 0.717) is 0 Å². The molecule has 0 amide bonds. The second kappa shape index (κ2) is 4.59. The van der Waals surface area contributed by atoms with Crippen LogP contribution in [0.25, 0.3) is 0 Å². The molecule has 0 fully saturated rings. The van der Waals surface area contributed by atoms with Crippen LogP contribution in [0.2, 0.25) is 0 Å². The van der Waals surface area contributed by atoms with Gasteiger partial charge in [0.2, 0.25) is 0 Å². The molecule has 2 N–H and O–H groups in total. The monoisotopic (exact) mass is 259 g/mol. The number of nitrogens with two attached hydrogens (primary N) is 1. The molecule has 0 saturated carbocycles. The zero-order chi connectivity index (χ0) is 13.4. The molecule has 5 heteroatoms. The van der Waals surface area contributed by atoms with E-state index in [2.05, 4.69) is 4.98 Å². The van der Waals surface area contributed by atoms with Gasteiger partial charge in [0.15, 0.2) is 0 Å². The van der Waals surface area contributed by atoms with Gasteiger partial charge >= 0.3 is 0 Å². The molecule has 0 saturated heterocycles. The van der Waals surface area contributed by atoms with Gasteiger partial charge in [-0.15, -0.1) is 0 Å². The maximum absolute atomic E-state index is 6.23. The molecule has 1 aliphatic rings. The molecule has 1 aromatic carbocycles. The van der Waals surface area contributed by atoms with Crippen molar-refractivity contribution in [2.45, 2.75) is 18.6 Å². The summed E-state index contributed by atoms with van der Waals surface area (Å²) in [5.41, 5.74) is 8.29. The Kier molecular flexibility index (Phi) is 2.91. The molecular formula is C14H17N3O2. The zero-order valence-corrected chi connectivity index (χ0v) is 11.0. The van der Waals surface area contributed by atoms with Gasteiger partial charge in [0.25, 0.3) is 0 Å². The third-order valence-electron chi connectivity index (χ3n) is 3.54. The third-order valence-corrected chi connectivity index (χ3v) is 3.54. The first kappa shape index (κ1) is 12.0. The molecule has 0 radical (unpaired) electrons. The van der Waals surface area contributed by atoms with Crippen LogP contribution in [-0.2, 0) is 7.05 Å². The van der Waals surface area contributed by atoms with Crippen molar-refractivity contribution in [2.24, 2.45) is 12.8 Å². The van der Waals surface area contributed by atoms with Gasteiger partial charge in [-0.05, 0) is 6.07 Å². The minimum absolute atomic E-state index is 0.0328. The average Bonchev–Trinajstić information content (AvgIpc) is 2.84. The molecule has 2 aromatic rings. The van der Waals surface area contributed by atoms with E-state index in [1.807, 2.05) is 36.0 Å². The van der Waals surface area contributed by atoms with Crippen LogP contribution in [-0.4, -0.2) is 16.7 Å². The van der Waals surface area contributed by atoms with Gasteiger partial charge in [0.05, 0.1) is 25.3 Å². The summed E-state index contributed by atoms with van der Waals surface area (Å²) in [6.45, 7) is 0. The van der Waals surface area contributed by atoms with Gasteiger partial charge in [-0.25, -0.2) is 4.98 Å². The number of ether oxygens (including phenoxy) is 2. The predicted octanol–water partition coefficient (Wildman–Crippen LogP) is 1.95. The van der Waals surface area contributed by atoms with Crippen LogP contribution < -0.4 is 15.2 Å². The van der Waals surface area contributed by atoms with Crippen molar-refractivity contribution < 1.29 is 9.47 Å². The van der Waals surface area contributed by atoms with Crippen LogP contribution in [0.5, 0.6) is 11.5 Å². The largest absolute Gasteiger partial charge is 0.497 e. The lowest BCUT2D eigenvalue weighted by Crippen LogP contribution is -2.25. The molecular weight excluding hydrogens is 242 g/mol. The molecule has 19 heavy (non-hydrogen) atoms. The van der Waals surface area contributed by atoms with Crippen molar-refractivity contribution in [3.8, 4) is 11.5 Å². The van der Waals surface area contributed by atoms with Crippen LogP contribution in [0, 0.1) is 0 Å². The number of hydrogen-bond acceptors (Lipinski definition) is 4. The number of benzene rings is 1. The van der Waals surface area contributed by atoms with Gasteiger partial charge in [-0.3, -0.25) is 0 Å². The molecule has 1 unspecified atom stereocenters. The highest BCUT2D eigenvalue weighted by atomic mass is 16.5. The lowest BCUT2D eigenvalue weighted by atomic mass is 9.96. The summed E-state index contributed by atoms with van der Waals surface area (Å²) >= 11 is 0. The van der Waals surface area contributed by atoms with Crippen molar-refractivity contribution in [2.75, 3.05) is 7.11 Å². The Morgan fingerprint density at radius 1 is 1.47 bits per heavy atom. The average molecular weight is 259 g/mol. The SMILES string of the molecule is COc1ccc2c(c1)OC(c1cncn1C)C[C@@H]2N. The van der Waals surface area contributed by atoms with E-state index in [0.717, 1.165) is 29.2 Å². The zero-order valence-electron chi connectivity index (χ0n) is 11.0. The number of rotatable bonds is 2. The number of fused-ring (bicyclic) bond motifs is 1. The summed E-state index contributed by atoms with van der Waals surface area (Å²) in [7, 11) is 3.60. The standard InChI is InChI=1S/C14H17N3O2/c1-17-8-16-7-12(17)14-6-11(15)10-4-3-9(18-2)5-13(10)19-14/h3-5,7-8,11,14H,6,15H2,1-2H3/t11-,14?/m0/s1. The van der Waals surface area contributed by atoms with E-state index in [9.17, 15) is 0 Å². The molecule has 0 bridgehead atoms. The second-order valence-corrected chi connectivity index (χ2v) is 4.78. The van der Waals surface area contributed by atoms with Crippen LogP contribution in [0.15, 0.2) is 30.7 Å². The fraction of sp³-hybridized carbons (Fsp3) is 0.357. The summed E-state index contributed by atoms with van der Waals surface area (Å²) in [5.74, 6) is 1.57. The lowest BCUT2D eigenvalue weighted by Gasteiger charge is -2.30. The smallest absolute Gasteiger partial charge is 0.142 e. The molecule has 1 aromatic heterocycles. The number of aryl methyl sites for hydroxylation is 1. The highest BCUT2D eigenvalue weighted by Crippen LogP contribution is 2.40. The van der Waals surface area contributed by atoms with Gasteiger partial charge in [0.1, 0.15) is 17.6 Å². The maximum atomic E-state index is 6.23. The normalized spacial score (nSPS) is 21.6. The Bertz CT molecular complexity index is 594. The van der Waals surface area contributed by atoms with Crippen LogP contribution in [0.3, 0.4) is 0 Å². The maximum Gasteiger partial charge on any atom is 0.142 e. The van der Waals surface area contributed by atoms with Crippen molar-refractivity contribution in [1.82, 2.24) is 9.55 Å². The van der Waals surface area contributed by atoms with Crippen molar-refractivity contribution in [3.63, 3.8) is 0 Å². The molecule has 1 aliphatic heterocycles. The topological polar surface area (TPSA) is 62.3 Å². The second-order valence-electron chi connectivity index (χ2n) is 4.78. The van der Waals surface area contributed by atoms with E-state index in [-0.39, 0.29) is 12.1 Å². The first-order valence-electron chi connectivity index (χ1n) is 6.25. The molecule has 2 heterocycles. The van der Waals surface area contributed by atoms with Crippen molar-refractivity contribution in [1.29, 1.82) is 0 Å². The number of methoxy groups -OCH3 is 1. The summed E-state index contributed by atoms with van der Waals surface area (Å²) in [6, 6.07) is 5.73. The Balaban J connectivity index is 1.96. The van der Waals surface area contributed by atoms with Gasteiger partial charge < -0.3 is 19.8 Å². The lowest BCUT2D eigenvalue weighted by molar-refractivity contribution is 0.153. The van der Waals surface area contributed by atoms with E-state index in [1.165, 1.54) is 0 Å². The van der Waals surface area contributed by atoms with Crippen LogP contribution in [0.1, 0.15) is 29.8 Å².